The van der Waals surface area contributed by atoms with Crippen LogP contribution in [0.4, 0.5) is 17.1 Å². The van der Waals surface area contributed by atoms with Gasteiger partial charge in [0.05, 0.1) is 15.4 Å². The lowest BCUT2D eigenvalue weighted by molar-refractivity contribution is -0.384. The Morgan fingerprint density at radius 1 is 0.946 bits per heavy atom. The molecule has 0 radical (unpaired) electrons. The molecule has 0 aliphatic carbocycles. The number of ketones is 2. The molecule has 37 heavy (non-hydrogen) atoms. The van der Waals surface area contributed by atoms with E-state index in [0.717, 1.165) is 24.3 Å². The van der Waals surface area contributed by atoms with E-state index in [0.29, 0.717) is 0 Å². The minimum absolute atomic E-state index is 0.00391. The number of hydrogen-bond acceptors (Lipinski definition) is 9. The van der Waals surface area contributed by atoms with Gasteiger partial charge >= 0.3 is 5.97 Å². The summed E-state index contributed by atoms with van der Waals surface area (Å²) in [5.74, 6) is -6.59. The number of nitrogens with one attached hydrogen (secondary N) is 1. The van der Waals surface area contributed by atoms with Gasteiger partial charge in [0.15, 0.2) is 5.78 Å². The van der Waals surface area contributed by atoms with Crippen molar-refractivity contribution >= 4 is 52.1 Å². The Kier molecular flexibility index (Phi) is 6.76. The largest absolute Gasteiger partial charge is 0.453 e. The van der Waals surface area contributed by atoms with E-state index in [1.807, 2.05) is 0 Å². The number of benzene rings is 3. The molecule has 0 fully saturated rings. The van der Waals surface area contributed by atoms with E-state index >= 15 is 0 Å². The number of carbonyl (C=O) groups is 4. The molecule has 0 unspecified atom stereocenters. The zero-order valence-corrected chi connectivity index (χ0v) is 19.2. The summed E-state index contributed by atoms with van der Waals surface area (Å²) in [6.45, 7) is 0. The van der Waals surface area contributed by atoms with Crippen molar-refractivity contribution in [1.29, 1.82) is 0 Å². The van der Waals surface area contributed by atoms with E-state index in [4.69, 9.17) is 16.3 Å². The van der Waals surface area contributed by atoms with E-state index in [1.165, 1.54) is 42.5 Å². The first-order chi connectivity index (χ1) is 17.6. The number of fused-ring (bicyclic) bond motifs is 1. The number of nitro benzene ring substituents is 2. The molecule has 0 bridgehead atoms. The van der Waals surface area contributed by atoms with Gasteiger partial charge in [-0.1, -0.05) is 41.9 Å². The second-order valence-corrected chi connectivity index (χ2v) is 8.24. The summed E-state index contributed by atoms with van der Waals surface area (Å²) in [5.41, 5.74) is -1.45. The molecule has 13 heteroatoms. The molecule has 0 spiro atoms. The second-order valence-electron chi connectivity index (χ2n) is 7.80. The first-order valence-electron chi connectivity index (χ1n) is 10.5. The van der Waals surface area contributed by atoms with Gasteiger partial charge in [-0.2, -0.15) is 0 Å². The maximum absolute atomic E-state index is 13.5. The molecule has 1 heterocycles. The smallest absolute Gasteiger partial charge is 0.339 e. The lowest BCUT2D eigenvalue weighted by Crippen LogP contribution is -2.38. The fourth-order valence-corrected chi connectivity index (χ4v) is 4.02. The van der Waals surface area contributed by atoms with E-state index in [2.05, 4.69) is 5.32 Å². The Morgan fingerprint density at radius 2 is 1.68 bits per heavy atom. The summed E-state index contributed by atoms with van der Waals surface area (Å²) in [6, 6.07) is 13.7. The summed E-state index contributed by atoms with van der Waals surface area (Å²) < 4.78 is 5.29. The predicted octanol–water partition coefficient (Wildman–Crippen LogP) is 4.07. The Balaban J connectivity index is 1.75. The van der Waals surface area contributed by atoms with Gasteiger partial charge < -0.3 is 10.1 Å². The SMILES string of the molecule is O=C(Nc1ccc(Cl)cc1[N+](=O)[O-])C(=O)[C@H](C(=O)c1cccc([N+](=O)[O-])c1)[C@@H]1OC(=O)c2ccccc21. The van der Waals surface area contributed by atoms with Crippen LogP contribution >= 0.6 is 11.6 Å². The van der Waals surface area contributed by atoms with Crippen molar-refractivity contribution in [2.24, 2.45) is 5.92 Å². The lowest BCUT2D eigenvalue weighted by atomic mass is 9.84. The summed E-state index contributed by atoms with van der Waals surface area (Å²) in [6.07, 6.45) is -1.52. The Labute approximate surface area is 212 Å². The van der Waals surface area contributed by atoms with Crippen LogP contribution in [0.2, 0.25) is 5.02 Å². The number of esters is 1. The van der Waals surface area contributed by atoms with Crippen LogP contribution in [0.1, 0.15) is 32.4 Å². The van der Waals surface area contributed by atoms with Crippen molar-refractivity contribution in [2.45, 2.75) is 6.10 Å². The van der Waals surface area contributed by atoms with Gasteiger partial charge in [-0.25, -0.2) is 4.79 Å². The minimum atomic E-state index is -1.94. The first kappa shape index (κ1) is 25.1. The third kappa shape index (κ3) is 4.90. The Hall–Kier alpha value is -4.97. The standard InChI is InChI=1S/C24H14ClN3O9/c25-13-8-9-17(18(11-13)28(35)36)26-23(31)21(30)19(20(29)12-4-3-5-14(10-12)27(33)34)22-15-6-1-2-7-16(15)24(32)37-22/h1-11,19,22H,(H,26,31)/t19-,22+/m0/s1. The number of nitrogens with zero attached hydrogens (tertiary/aromatic N) is 2. The van der Waals surface area contributed by atoms with Gasteiger partial charge in [0.2, 0.25) is 5.78 Å². The molecule has 3 aromatic carbocycles. The number of carbonyl (C=O) groups excluding carboxylic acids is 4. The third-order valence-electron chi connectivity index (χ3n) is 5.56. The molecule has 3 aromatic rings. The summed E-state index contributed by atoms with van der Waals surface area (Å²) in [5, 5.41) is 24.7. The van der Waals surface area contributed by atoms with E-state index in [-0.39, 0.29) is 27.4 Å². The predicted molar refractivity (Wildman–Crippen MR) is 127 cm³/mol. The van der Waals surface area contributed by atoms with Crippen LogP contribution in [-0.4, -0.2) is 33.3 Å². The fraction of sp³-hybridized carbons (Fsp3) is 0.0833. The van der Waals surface area contributed by atoms with Gasteiger partial charge in [0.25, 0.3) is 17.3 Å². The number of Topliss-reactive ketones (excluding diaryl/α,β-unsaturated/α-hetero) is 2. The van der Waals surface area contributed by atoms with E-state index < -0.39 is 56.7 Å². The lowest BCUT2D eigenvalue weighted by Gasteiger charge is -2.21. The number of nitro groups is 2. The van der Waals surface area contributed by atoms with Crippen LogP contribution in [0.3, 0.4) is 0 Å². The molecular formula is C24H14ClN3O9. The number of hydrogen-bond donors (Lipinski definition) is 1. The molecule has 186 valence electrons. The molecule has 1 amide bonds. The zero-order chi connectivity index (χ0) is 26.9. The second kappa shape index (κ2) is 9.95. The number of ether oxygens (including phenoxy) is 1. The molecule has 0 aromatic heterocycles. The summed E-state index contributed by atoms with van der Waals surface area (Å²) in [4.78, 5) is 73.2. The number of cyclic esters (lactones) is 1. The molecule has 12 nitrogen and oxygen atoms in total. The average Bonchev–Trinajstić information content (AvgIpc) is 3.21. The number of rotatable bonds is 8. The molecule has 0 saturated heterocycles. The zero-order valence-electron chi connectivity index (χ0n) is 18.5. The number of anilines is 1. The molecule has 4 rings (SSSR count). The average molecular weight is 524 g/mol. The van der Waals surface area contributed by atoms with Crippen LogP contribution in [0.25, 0.3) is 0 Å². The maximum Gasteiger partial charge on any atom is 0.339 e. The van der Waals surface area contributed by atoms with Crippen molar-refractivity contribution in [3.8, 4) is 0 Å². The van der Waals surface area contributed by atoms with Crippen molar-refractivity contribution < 1.29 is 33.8 Å². The molecule has 1 N–H and O–H groups in total. The van der Waals surface area contributed by atoms with E-state index in [9.17, 15) is 39.4 Å². The third-order valence-corrected chi connectivity index (χ3v) is 5.79. The highest BCUT2D eigenvalue weighted by molar-refractivity contribution is 6.45. The molecule has 2 atom stereocenters. The Morgan fingerprint density at radius 3 is 2.38 bits per heavy atom. The van der Waals surface area contributed by atoms with Gasteiger partial charge in [-0.05, 0) is 18.2 Å². The topological polar surface area (TPSA) is 176 Å². The van der Waals surface area contributed by atoms with Gasteiger partial charge in [-0.15, -0.1) is 0 Å². The minimum Gasteiger partial charge on any atom is -0.453 e. The highest BCUT2D eigenvalue weighted by Gasteiger charge is 2.46. The number of non-ortho nitro benzene ring substituents is 1. The summed E-state index contributed by atoms with van der Waals surface area (Å²) >= 11 is 5.78. The monoisotopic (exact) mass is 523 g/mol. The number of halogens is 1. The molecular weight excluding hydrogens is 510 g/mol. The molecule has 0 saturated carbocycles. The number of amides is 1. The highest BCUT2D eigenvalue weighted by Crippen LogP contribution is 2.38. The van der Waals surface area contributed by atoms with Gasteiger partial charge in [0, 0.05) is 34.3 Å². The first-order valence-corrected chi connectivity index (χ1v) is 10.8. The molecule has 1 aliphatic heterocycles. The van der Waals surface area contributed by atoms with Crippen molar-refractivity contribution in [3.05, 3.63) is 109 Å². The quantitative estimate of drug-likeness (QED) is 0.114. The van der Waals surface area contributed by atoms with Gasteiger partial charge in [0.1, 0.15) is 17.7 Å². The Bertz CT molecular complexity index is 1500. The van der Waals surface area contributed by atoms with Crippen LogP contribution < -0.4 is 5.32 Å². The summed E-state index contributed by atoms with van der Waals surface area (Å²) in [7, 11) is 0. The maximum atomic E-state index is 13.5. The van der Waals surface area contributed by atoms with Crippen molar-refractivity contribution in [3.63, 3.8) is 0 Å². The van der Waals surface area contributed by atoms with Crippen LogP contribution in [-0.2, 0) is 14.3 Å². The van der Waals surface area contributed by atoms with Crippen LogP contribution in [0.5, 0.6) is 0 Å². The van der Waals surface area contributed by atoms with E-state index in [1.54, 1.807) is 0 Å². The van der Waals surface area contributed by atoms with Crippen molar-refractivity contribution in [1.82, 2.24) is 0 Å². The highest BCUT2D eigenvalue weighted by atomic mass is 35.5. The molecule has 1 aliphatic rings. The van der Waals surface area contributed by atoms with Gasteiger partial charge in [-0.3, -0.25) is 34.6 Å². The normalized spacial score (nSPS) is 14.7. The van der Waals surface area contributed by atoms with Crippen molar-refractivity contribution in [2.75, 3.05) is 5.32 Å². The van der Waals surface area contributed by atoms with Crippen LogP contribution in [0.15, 0.2) is 66.7 Å². The van der Waals surface area contributed by atoms with Crippen LogP contribution in [0, 0.1) is 26.1 Å². The fourth-order valence-electron chi connectivity index (χ4n) is 3.85.